The predicted molar refractivity (Wildman–Crippen MR) is 130 cm³/mol. The first-order valence-electron chi connectivity index (χ1n) is 9.68. The van der Waals surface area contributed by atoms with Crippen molar-refractivity contribution in [3.05, 3.63) is 9.47 Å². The van der Waals surface area contributed by atoms with Gasteiger partial charge in [-0.15, -0.1) is 0 Å². The molecular formula is C20H42Br2O2Si2. The van der Waals surface area contributed by atoms with Crippen LogP contribution in [0.4, 0.5) is 0 Å². The zero-order valence-corrected chi connectivity index (χ0v) is 24.3. The standard InChI is InChI=1S/C20H42Br2O2Si2/c1-15(13-18(21)22)17(24-26(11,12)20(6,7)8)14-16(2)23-25(9,10)19(3,4)5/h13,15-17H,14H2,1-12H3/t15-,16-,17-/m1/s1. The molecule has 0 radical (unpaired) electrons. The van der Waals surface area contributed by atoms with Gasteiger partial charge in [0.2, 0.25) is 0 Å². The van der Waals surface area contributed by atoms with Gasteiger partial charge in [0.25, 0.3) is 0 Å². The van der Waals surface area contributed by atoms with Crippen LogP contribution >= 0.6 is 31.9 Å². The van der Waals surface area contributed by atoms with E-state index in [1.54, 1.807) is 0 Å². The molecule has 0 bridgehead atoms. The Morgan fingerprint density at radius 3 is 1.58 bits per heavy atom. The third-order valence-electron chi connectivity index (χ3n) is 6.09. The van der Waals surface area contributed by atoms with E-state index < -0.39 is 16.6 Å². The molecule has 3 atom stereocenters. The van der Waals surface area contributed by atoms with Gasteiger partial charge in [-0.05, 0) is 81.5 Å². The highest BCUT2D eigenvalue weighted by Crippen LogP contribution is 2.40. The highest BCUT2D eigenvalue weighted by Gasteiger charge is 2.42. The van der Waals surface area contributed by atoms with Crippen LogP contribution in [0.5, 0.6) is 0 Å². The highest BCUT2D eigenvalue weighted by molar-refractivity contribution is 9.28. The van der Waals surface area contributed by atoms with Crippen LogP contribution in [0.1, 0.15) is 61.8 Å². The lowest BCUT2D eigenvalue weighted by atomic mass is 10.00. The average molecular weight is 531 g/mol. The second-order valence-electron chi connectivity index (χ2n) is 10.7. The monoisotopic (exact) mass is 528 g/mol. The van der Waals surface area contributed by atoms with Crippen LogP contribution in [0.15, 0.2) is 9.47 Å². The van der Waals surface area contributed by atoms with Crippen molar-refractivity contribution >= 4 is 48.5 Å². The molecule has 0 saturated heterocycles. The molecule has 0 aliphatic carbocycles. The molecule has 2 nitrogen and oxygen atoms in total. The summed E-state index contributed by atoms with van der Waals surface area (Å²) < 4.78 is 14.4. The van der Waals surface area contributed by atoms with Crippen LogP contribution in [-0.2, 0) is 8.85 Å². The van der Waals surface area contributed by atoms with Crippen LogP contribution in [0, 0.1) is 5.92 Å². The van der Waals surface area contributed by atoms with Crippen LogP contribution < -0.4 is 0 Å². The molecule has 26 heavy (non-hydrogen) atoms. The molecule has 0 N–H and O–H groups in total. The topological polar surface area (TPSA) is 18.5 Å². The Morgan fingerprint density at radius 1 is 0.846 bits per heavy atom. The van der Waals surface area contributed by atoms with E-state index in [0.29, 0.717) is 5.92 Å². The van der Waals surface area contributed by atoms with E-state index in [9.17, 15) is 0 Å². The number of halogens is 2. The minimum Gasteiger partial charge on any atom is -0.414 e. The maximum absolute atomic E-state index is 6.82. The van der Waals surface area contributed by atoms with E-state index in [0.717, 1.165) is 9.81 Å². The number of hydrogen-bond acceptors (Lipinski definition) is 2. The first-order chi connectivity index (χ1) is 11.3. The highest BCUT2D eigenvalue weighted by atomic mass is 79.9. The molecule has 6 heteroatoms. The third kappa shape index (κ3) is 8.60. The lowest BCUT2D eigenvalue weighted by Crippen LogP contribution is -2.48. The van der Waals surface area contributed by atoms with Gasteiger partial charge in [-0.1, -0.05) is 54.5 Å². The normalized spacial score (nSPS) is 17.6. The van der Waals surface area contributed by atoms with Gasteiger partial charge in [-0.3, -0.25) is 0 Å². The Morgan fingerprint density at radius 2 is 1.23 bits per heavy atom. The first-order valence-corrected chi connectivity index (χ1v) is 17.1. The van der Waals surface area contributed by atoms with Crippen LogP contribution in [0.3, 0.4) is 0 Å². The van der Waals surface area contributed by atoms with E-state index in [1.165, 1.54) is 0 Å². The molecule has 0 heterocycles. The summed E-state index contributed by atoms with van der Waals surface area (Å²) in [4.78, 5) is 0. The zero-order chi connectivity index (χ0) is 21.1. The largest absolute Gasteiger partial charge is 0.414 e. The molecule has 156 valence electrons. The molecule has 0 aromatic rings. The van der Waals surface area contributed by atoms with E-state index in [-0.39, 0.29) is 22.3 Å². The van der Waals surface area contributed by atoms with Crippen molar-refractivity contribution in [2.24, 2.45) is 5.92 Å². The average Bonchev–Trinajstić information content (AvgIpc) is 2.32. The van der Waals surface area contributed by atoms with E-state index in [4.69, 9.17) is 8.85 Å². The molecule has 0 aliphatic heterocycles. The lowest BCUT2D eigenvalue weighted by Gasteiger charge is -2.43. The Hall–Kier alpha value is 1.05. The molecule has 0 aromatic carbocycles. The van der Waals surface area contributed by atoms with Gasteiger partial charge in [0.1, 0.15) is 0 Å². The first kappa shape index (κ1) is 27.1. The lowest BCUT2D eigenvalue weighted by molar-refractivity contribution is 0.0802. The van der Waals surface area contributed by atoms with Crippen LogP contribution in [0.25, 0.3) is 0 Å². The van der Waals surface area contributed by atoms with Gasteiger partial charge in [0.15, 0.2) is 16.6 Å². The smallest absolute Gasteiger partial charge is 0.192 e. The van der Waals surface area contributed by atoms with Crippen LogP contribution in [-0.4, -0.2) is 28.8 Å². The molecular weight excluding hydrogens is 488 g/mol. The predicted octanol–water partition coefficient (Wildman–Crippen LogP) is 8.44. The summed E-state index contributed by atoms with van der Waals surface area (Å²) in [6.45, 7) is 27.5. The summed E-state index contributed by atoms with van der Waals surface area (Å²) >= 11 is 7.03. The quantitative estimate of drug-likeness (QED) is 0.293. The van der Waals surface area contributed by atoms with E-state index in [2.05, 4.69) is 120 Å². The SMILES string of the molecule is C[C@H](C[C@@H](O[Si](C)(C)C(C)(C)C)[C@H](C)C=C(Br)Br)O[Si](C)(C)C(C)(C)C. The fraction of sp³-hybridized carbons (Fsp3) is 0.900. The van der Waals surface area contributed by atoms with Gasteiger partial charge in [0.05, 0.1) is 9.50 Å². The summed E-state index contributed by atoms with van der Waals surface area (Å²) in [5, 5.41) is 0.422. The fourth-order valence-electron chi connectivity index (χ4n) is 2.29. The second-order valence-corrected chi connectivity index (χ2v) is 22.9. The van der Waals surface area contributed by atoms with Crippen molar-refractivity contribution in [2.75, 3.05) is 0 Å². The molecule has 0 saturated carbocycles. The summed E-state index contributed by atoms with van der Waals surface area (Å²) in [5.74, 6) is 0.309. The molecule has 0 aromatic heterocycles. The molecule has 0 unspecified atom stereocenters. The van der Waals surface area contributed by atoms with Crippen molar-refractivity contribution < 1.29 is 8.85 Å². The Labute approximate surface area is 182 Å². The number of hydrogen-bond donors (Lipinski definition) is 0. The fourth-order valence-corrected chi connectivity index (χ4v) is 6.00. The van der Waals surface area contributed by atoms with Crippen molar-refractivity contribution in [1.29, 1.82) is 0 Å². The molecule has 0 aliphatic rings. The molecule has 0 rings (SSSR count). The summed E-state index contributed by atoms with van der Waals surface area (Å²) in [6, 6.07) is 0. The van der Waals surface area contributed by atoms with Gasteiger partial charge < -0.3 is 8.85 Å². The summed E-state index contributed by atoms with van der Waals surface area (Å²) in [6.07, 6.45) is 3.46. The van der Waals surface area contributed by atoms with Gasteiger partial charge in [-0.25, -0.2) is 0 Å². The van der Waals surface area contributed by atoms with Gasteiger partial charge >= 0.3 is 0 Å². The second kappa shape index (κ2) is 9.70. The molecule has 0 fully saturated rings. The van der Waals surface area contributed by atoms with Crippen molar-refractivity contribution in [3.63, 3.8) is 0 Å². The minimum absolute atomic E-state index is 0.153. The maximum atomic E-state index is 6.82. The Balaban J connectivity index is 5.41. The van der Waals surface area contributed by atoms with Gasteiger partial charge in [-0.2, -0.15) is 0 Å². The van der Waals surface area contributed by atoms with E-state index in [1.807, 2.05) is 0 Å². The van der Waals surface area contributed by atoms with Gasteiger partial charge in [0, 0.05) is 12.0 Å². The third-order valence-corrected chi connectivity index (χ3v) is 15.7. The minimum atomic E-state index is -1.85. The van der Waals surface area contributed by atoms with Crippen molar-refractivity contribution in [1.82, 2.24) is 0 Å². The van der Waals surface area contributed by atoms with Crippen molar-refractivity contribution in [3.8, 4) is 0 Å². The Bertz CT molecular complexity index is 473. The summed E-state index contributed by atoms with van der Waals surface area (Å²) in [7, 11) is -3.62. The zero-order valence-electron chi connectivity index (χ0n) is 19.1. The molecule has 0 amide bonds. The van der Waals surface area contributed by atoms with Crippen LogP contribution in [0.2, 0.25) is 36.3 Å². The van der Waals surface area contributed by atoms with Crippen molar-refractivity contribution in [2.45, 2.75) is 110 Å². The maximum Gasteiger partial charge on any atom is 0.192 e. The van der Waals surface area contributed by atoms with E-state index >= 15 is 0 Å². The molecule has 0 spiro atoms. The Kier molecular flexibility index (Phi) is 10.1. The number of rotatable bonds is 8. The summed E-state index contributed by atoms with van der Waals surface area (Å²) in [5.41, 5.74) is 0.